The molecule has 1 aliphatic rings. The van der Waals surface area contributed by atoms with E-state index < -0.39 is 0 Å². The average molecular weight is 481 g/mol. The smallest absolute Gasteiger partial charge is 0.252 e. The fourth-order valence-corrected chi connectivity index (χ4v) is 4.86. The molecule has 2 amide bonds. The molecule has 0 radical (unpaired) electrons. The summed E-state index contributed by atoms with van der Waals surface area (Å²) < 4.78 is 0. The van der Waals surface area contributed by atoms with Gasteiger partial charge in [0.1, 0.15) is 0 Å². The van der Waals surface area contributed by atoms with E-state index in [1.807, 2.05) is 42.6 Å². The number of aryl methyl sites for hydroxylation is 1. The van der Waals surface area contributed by atoms with E-state index in [0.717, 1.165) is 41.7 Å². The van der Waals surface area contributed by atoms with Gasteiger partial charge in [0, 0.05) is 36.4 Å². The van der Waals surface area contributed by atoms with Gasteiger partial charge >= 0.3 is 0 Å². The van der Waals surface area contributed by atoms with Crippen LogP contribution in [-0.4, -0.2) is 34.9 Å². The van der Waals surface area contributed by atoms with Crippen molar-refractivity contribution < 1.29 is 9.59 Å². The zero-order valence-electron chi connectivity index (χ0n) is 20.9. The van der Waals surface area contributed by atoms with Crippen LogP contribution >= 0.6 is 0 Å². The lowest BCUT2D eigenvalue weighted by molar-refractivity contribution is -0.118. The number of rotatable bonds is 7. The van der Waals surface area contributed by atoms with Gasteiger partial charge in [-0.05, 0) is 54.0 Å². The van der Waals surface area contributed by atoms with Crippen LogP contribution in [0.1, 0.15) is 58.9 Å². The zero-order valence-corrected chi connectivity index (χ0v) is 20.9. The summed E-state index contributed by atoms with van der Waals surface area (Å²) in [5.74, 6) is 0.320. The van der Waals surface area contributed by atoms with Gasteiger partial charge in [0.15, 0.2) is 0 Å². The van der Waals surface area contributed by atoms with Gasteiger partial charge in [-0.15, -0.1) is 0 Å². The quantitative estimate of drug-likeness (QED) is 0.383. The molecule has 0 saturated heterocycles. The van der Waals surface area contributed by atoms with Crippen molar-refractivity contribution in [2.75, 3.05) is 18.0 Å². The van der Waals surface area contributed by atoms with Crippen LogP contribution in [0.3, 0.4) is 0 Å². The SMILES string of the molecule is CC(C)c1ccc(CC(=O)N2CCCc3ncc(C(=O)NCCc4c[nH]c5ccccc45)cc32)cc1. The van der Waals surface area contributed by atoms with Gasteiger partial charge < -0.3 is 15.2 Å². The van der Waals surface area contributed by atoms with E-state index in [2.05, 4.69) is 47.3 Å². The second-order valence-corrected chi connectivity index (χ2v) is 9.78. The molecule has 0 bridgehead atoms. The van der Waals surface area contributed by atoms with E-state index in [4.69, 9.17) is 0 Å². The molecule has 1 aliphatic heterocycles. The lowest BCUT2D eigenvalue weighted by atomic mass is 10.00. The predicted octanol–water partition coefficient (Wildman–Crippen LogP) is 5.18. The maximum absolute atomic E-state index is 13.2. The van der Waals surface area contributed by atoms with Crippen molar-refractivity contribution in [2.24, 2.45) is 0 Å². The number of carbonyl (C=O) groups excluding carboxylic acids is 2. The van der Waals surface area contributed by atoms with Crippen molar-refractivity contribution in [3.8, 4) is 0 Å². The summed E-state index contributed by atoms with van der Waals surface area (Å²) in [5, 5.41) is 4.19. The highest BCUT2D eigenvalue weighted by Gasteiger charge is 2.25. The third-order valence-electron chi connectivity index (χ3n) is 6.95. The maximum atomic E-state index is 13.2. The molecule has 2 aromatic heterocycles. The lowest BCUT2D eigenvalue weighted by Crippen LogP contribution is -2.37. The number of pyridine rings is 1. The number of hydrogen-bond acceptors (Lipinski definition) is 3. The number of hydrogen-bond donors (Lipinski definition) is 2. The Labute approximate surface area is 211 Å². The number of fused-ring (bicyclic) bond motifs is 2. The van der Waals surface area contributed by atoms with Crippen molar-refractivity contribution in [3.63, 3.8) is 0 Å². The number of nitrogens with one attached hydrogen (secondary N) is 2. The number of anilines is 1. The van der Waals surface area contributed by atoms with E-state index in [-0.39, 0.29) is 11.8 Å². The molecule has 3 heterocycles. The van der Waals surface area contributed by atoms with Crippen molar-refractivity contribution in [1.82, 2.24) is 15.3 Å². The lowest BCUT2D eigenvalue weighted by Gasteiger charge is -2.29. The summed E-state index contributed by atoms with van der Waals surface area (Å²) in [6.45, 7) is 5.48. The number of benzene rings is 2. The van der Waals surface area contributed by atoms with Crippen LogP contribution in [0.2, 0.25) is 0 Å². The van der Waals surface area contributed by atoms with Gasteiger partial charge in [-0.1, -0.05) is 56.3 Å². The Morgan fingerprint density at radius 3 is 2.72 bits per heavy atom. The number of aromatic amines is 1. The summed E-state index contributed by atoms with van der Waals surface area (Å²) in [6, 6.07) is 18.2. The first-order chi connectivity index (χ1) is 17.5. The Morgan fingerprint density at radius 1 is 1.11 bits per heavy atom. The maximum Gasteiger partial charge on any atom is 0.252 e. The van der Waals surface area contributed by atoms with Gasteiger partial charge in [-0.3, -0.25) is 14.6 Å². The topological polar surface area (TPSA) is 78.1 Å². The minimum atomic E-state index is -0.174. The standard InChI is InChI=1S/C30H32N4O2/c1-20(2)22-11-9-21(10-12-22)16-29(35)34-15-5-8-27-28(34)17-24(19-33-27)30(36)31-14-13-23-18-32-26-7-4-3-6-25(23)26/h3-4,6-7,9-12,17-20,32H,5,8,13-16H2,1-2H3,(H,31,36). The third kappa shape index (κ3) is 5.03. The Balaban J connectivity index is 1.25. The summed E-state index contributed by atoms with van der Waals surface area (Å²) in [5.41, 5.74) is 6.64. The highest BCUT2D eigenvalue weighted by Crippen LogP contribution is 2.27. The fraction of sp³-hybridized carbons (Fsp3) is 0.300. The molecule has 0 fully saturated rings. The number of nitrogens with zero attached hydrogens (tertiary/aromatic N) is 2. The van der Waals surface area contributed by atoms with Crippen LogP contribution in [0, 0.1) is 0 Å². The highest BCUT2D eigenvalue weighted by molar-refractivity contribution is 5.99. The van der Waals surface area contributed by atoms with Gasteiger partial charge in [-0.2, -0.15) is 0 Å². The number of aromatic nitrogens is 2. The summed E-state index contributed by atoms with van der Waals surface area (Å²) in [6.07, 6.45) is 6.36. The van der Waals surface area contributed by atoms with Crippen LogP contribution in [0.4, 0.5) is 5.69 Å². The predicted molar refractivity (Wildman–Crippen MR) is 143 cm³/mol. The molecule has 184 valence electrons. The molecule has 0 saturated carbocycles. The first kappa shape index (κ1) is 23.8. The fourth-order valence-electron chi connectivity index (χ4n) is 4.86. The molecule has 5 rings (SSSR count). The number of carbonyl (C=O) groups is 2. The largest absolute Gasteiger partial charge is 0.361 e. The Bertz CT molecular complexity index is 1390. The van der Waals surface area contributed by atoms with Crippen molar-refractivity contribution in [1.29, 1.82) is 0 Å². The molecule has 0 aliphatic carbocycles. The number of H-pyrrole nitrogens is 1. The van der Waals surface area contributed by atoms with Crippen LogP contribution in [-0.2, 0) is 24.1 Å². The molecule has 6 nitrogen and oxygen atoms in total. The van der Waals surface area contributed by atoms with Crippen LogP contribution in [0.5, 0.6) is 0 Å². The normalized spacial score (nSPS) is 13.1. The van der Waals surface area contributed by atoms with Crippen LogP contribution in [0.15, 0.2) is 67.0 Å². The number of para-hydroxylation sites is 1. The Kier molecular flexibility index (Phi) is 6.85. The summed E-state index contributed by atoms with van der Waals surface area (Å²) in [4.78, 5) is 35.8. The van der Waals surface area contributed by atoms with Crippen molar-refractivity contribution in [2.45, 2.75) is 45.4 Å². The zero-order chi connectivity index (χ0) is 25.1. The van der Waals surface area contributed by atoms with Crippen LogP contribution < -0.4 is 10.2 Å². The van der Waals surface area contributed by atoms with E-state index in [1.54, 1.807) is 11.1 Å². The van der Waals surface area contributed by atoms with Gasteiger partial charge in [0.25, 0.3) is 5.91 Å². The molecular weight excluding hydrogens is 448 g/mol. The van der Waals surface area contributed by atoms with E-state index >= 15 is 0 Å². The molecule has 0 spiro atoms. The molecule has 2 aromatic carbocycles. The van der Waals surface area contributed by atoms with Gasteiger partial charge in [0.2, 0.25) is 5.91 Å². The van der Waals surface area contributed by atoms with E-state index in [1.165, 1.54) is 16.5 Å². The molecule has 36 heavy (non-hydrogen) atoms. The third-order valence-corrected chi connectivity index (χ3v) is 6.95. The van der Waals surface area contributed by atoms with E-state index in [9.17, 15) is 9.59 Å². The molecule has 6 heteroatoms. The van der Waals surface area contributed by atoms with Crippen LogP contribution in [0.25, 0.3) is 10.9 Å². The molecule has 0 atom stereocenters. The molecule has 2 N–H and O–H groups in total. The molecule has 0 unspecified atom stereocenters. The summed E-state index contributed by atoms with van der Waals surface area (Å²) >= 11 is 0. The monoisotopic (exact) mass is 480 g/mol. The molecule has 4 aromatic rings. The van der Waals surface area contributed by atoms with Crippen molar-refractivity contribution in [3.05, 3.63) is 94.9 Å². The molecular formula is C30H32N4O2. The Hall–Kier alpha value is -3.93. The first-order valence-electron chi connectivity index (χ1n) is 12.7. The minimum absolute atomic E-state index is 0.0342. The van der Waals surface area contributed by atoms with E-state index in [0.29, 0.717) is 31.0 Å². The summed E-state index contributed by atoms with van der Waals surface area (Å²) in [7, 11) is 0. The second-order valence-electron chi connectivity index (χ2n) is 9.78. The first-order valence-corrected chi connectivity index (χ1v) is 12.7. The number of amides is 2. The highest BCUT2D eigenvalue weighted by atomic mass is 16.2. The Morgan fingerprint density at radius 2 is 1.92 bits per heavy atom. The second kappa shape index (κ2) is 10.4. The van der Waals surface area contributed by atoms with Crippen molar-refractivity contribution >= 4 is 28.4 Å². The minimum Gasteiger partial charge on any atom is -0.361 e. The average Bonchev–Trinajstić information content (AvgIpc) is 3.31. The van der Waals surface area contributed by atoms with Gasteiger partial charge in [0.05, 0.1) is 23.4 Å². The van der Waals surface area contributed by atoms with Gasteiger partial charge in [-0.25, -0.2) is 0 Å².